The van der Waals surface area contributed by atoms with E-state index < -0.39 is 5.97 Å². The molecular formula is C17H24N2O4. The summed E-state index contributed by atoms with van der Waals surface area (Å²) in [7, 11) is 3.26. The fourth-order valence-corrected chi connectivity index (χ4v) is 3.38. The van der Waals surface area contributed by atoms with Crippen LogP contribution in [0.3, 0.4) is 0 Å². The number of carbonyl (C=O) groups excluding carboxylic acids is 1. The first-order valence-electron chi connectivity index (χ1n) is 7.78. The Morgan fingerprint density at radius 1 is 1.39 bits per heavy atom. The van der Waals surface area contributed by atoms with Crippen LogP contribution in [0.5, 0.6) is 0 Å². The van der Waals surface area contributed by atoms with Crippen molar-refractivity contribution >= 4 is 11.9 Å². The number of carboxylic acids is 1. The highest BCUT2D eigenvalue weighted by atomic mass is 16.5. The molecule has 0 saturated carbocycles. The van der Waals surface area contributed by atoms with Gasteiger partial charge in [0.25, 0.3) is 0 Å². The molecule has 126 valence electrons. The summed E-state index contributed by atoms with van der Waals surface area (Å²) in [6.45, 7) is 1.78. The van der Waals surface area contributed by atoms with E-state index in [-0.39, 0.29) is 11.4 Å². The van der Waals surface area contributed by atoms with Gasteiger partial charge in [-0.15, -0.1) is 0 Å². The van der Waals surface area contributed by atoms with Crippen LogP contribution < -0.4 is 5.32 Å². The summed E-state index contributed by atoms with van der Waals surface area (Å²) in [4.78, 5) is 25.5. The van der Waals surface area contributed by atoms with Crippen LogP contribution in [0.15, 0.2) is 24.3 Å². The normalized spacial score (nSPS) is 21.3. The number of carbonyl (C=O) groups is 2. The molecule has 0 aromatic heterocycles. The smallest absolute Gasteiger partial charge is 0.336 e. The Balaban J connectivity index is 2.26. The summed E-state index contributed by atoms with van der Waals surface area (Å²) in [5, 5.41) is 12.0. The van der Waals surface area contributed by atoms with Crippen LogP contribution in [-0.4, -0.2) is 54.7 Å². The van der Waals surface area contributed by atoms with E-state index in [1.807, 2.05) is 12.1 Å². The van der Waals surface area contributed by atoms with Gasteiger partial charge in [-0.3, -0.25) is 9.69 Å². The molecule has 0 bridgehead atoms. The molecule has 1 atom stereocenters. The molecule has 1 saturated heterocycles. The fourth-order valence-electron chi connectivity index (χ4n) is 3.38. The van der Waals surface area contributed by atoms with Crippen molar-refractivity contribution in [2.75, 3.05) is 27.3 Å². The van der Waals surface area contributed by atoms with Gasteiger partial charge < -0.3 is 15.2 Å². The summed E-state index contributed by atoms with van der Waals surface area (Å²) in [6, 6.07) is 7.02. The molecule has 1 aromatic rings. The maximum Gasteiger partial charge on any atom is 0.336 e. The van der Waals surface area contributed by atoms with Gasteiger partial charge in [-0.25, -0.2) is 4.79 Å². The van der Waals surface area contributed by atoms with E-state index in [1.165, 1.54) is 0 Å². The lowest BCUT2D eigenvalue weighted by Crippen LogP contribution is -2.50. The SMILES string of the molecule is CNC(=O)C[C@]1(COC)CCCN1Cc1ccccc1C(=O)O. The molecule has 6 nitrogen and oxygen atoms in total. The highest BCUT2D eigenvalue weighted by Gasteiger charge is 2.42. The molecule has 1 heterocycles. The lowest BCUT2D eigenvalue weighted by Gasteiger charge is -2.38. The van der Waals surface area contributed by atoms with Crippen molar-refractivity contribution < 1.29 is 19.4 Å². The maximum atomic E-state index is 11.9. The third kappa shape index (κ3) is 3.89. The van der Waals surface area contributed by atoms with E-state index in [9.17, 15) is 14.7 Å². The summed E-state index contributed by atoms with van der Waals surface area (Å²) >= 11 is 0. The molecule has 0 aliphatic carbocycles. The molecule has 1 aliphatic heterocycles. The van der Waals surface area contributed by atoms with Crippen molar-refractivity contribution in [2.45, 2.75) is 31.3 Å². The number of amides is 1. The summed E-state index contributed by atoms with van der Waals surface area (Å²) in [5.74, 6) is -0.955. The fraction of sp³-hybridized carbons (Fsp3) is 0.529. The summed E-state index contributed by atoms with van der Waals surface area (Å²) < 4.78 is 5.38. The molecule has 0 spiro atoms. The predicted octanol–water partition coefficient (Wildman–Crippen LogP) is 1.50. The van der Waals surface area contributed by atoms with E-state index in [4.69, 9.17) is 4.74 Å². The molecule has 6 heteroatoms. The molecule has 23 heavy (non-hydrogen) atoms. The monoisotopic (exact) mass is 320 g/mol. The van der Waals surface area contributed by atoms with Gasteiger partial charge in [0.15, 0.2) is 0 Å². The van der Waals surface area contributed by atoms with Gasteiger partial charge in [0.2, 0.25) is 5.91 Å². The van der Waals surface area contributed by atoms with Crippen LogP contribution in [0.4, 0.5) is 0 Å². The molecule has 0 radical (unpaired) electrons. The van der Waals surface area contributed by atoms with Gasteiger partial charge in [0.1, 0.15) is 0 Å². The molecule has 2 N–H and O–H groups in total. The Kier molecular flexibility index (Phi) is 5.74. The Bertz CT molecular complexity index is 575. The zero-order valence-corrected chi connectivity index (χ0v) is 13.7. The van der Waals surface area contributed by atoms with Crippen LogP contribution in [-0.2, 0) is 16.1 Å². The lowest BCUT2D eigenvalue weighted by molar-refractivity contribution is -0.124. The van der Waals surface area contributed by atoms with Crippen LogP contribution in [0.25, 0.3) is 0 Å². The van der Waals surface area contributed by atoms with Crippen LogP contribution in [0.2, 0.25) is 0 Å². The third-order valence-electron chi connectivity index (χ3n) is 4.53. The van der Waals surface area contributed by atoms with Crippen molar-refractivity contribution in [3.05, 3.63) is 35.4 Å². The van der Waals surface area contributed by atoms with Crippen molar-refractivity contribution in [1.82, 2.24) is 10.2 Å². The standard InChI is InChI=1S/C17H24N2O4/c1-18-15(20)10-17(12-23-2)8-5-9-19(17)11-13-6-3-4-7-14(13)16(21)22/h3-4,6-7H,5,8-12H2,1-2H3,(H,18,20)(H,21,22)/t17-/m0/s1. The van der Waals surface area contributed by atoms with Gasteiger partial charge in [-0.05, 0) is 31.0 Å². The zero-order valence-electron chi connectivity index (χ0n) is 13.7. The number of likely N-dealkylation sites (tertiary alicyclic amines) is 1. The number of hydrogen-bond donors (Lipinski definition) is 2. The number of nitrogens with one attached hydrogen (secondary N) is 1. The minimum absolute atomic E-state index is 0.0273. The number of hydrogen-bond acceptors (Lipinski definition) is 4. The first kappa shape index (κ1) is 17.4. The second-order valence-corrected chi connectivity index (χ2v) is 5.99. The number of ether oxygens (including phenoxy) is 1. The second-order valence-electron chi connectivity index (χ2n) is 5.99. The maximum absolute atomic E-state index is 11.9. The Morgan fingerprint density at radius 3 is 2.78 bits per heavy atom. The highest BCUT2D eigenvalue weighted by Crippen LogP contribution is 2.34. The van der Waals surface area contributed by atoms with Crippen molar-refractivity contribution in [3.63, 3.8) is 0 Å². The van der Waals surface area contributed by atoms with E-state index in [1.54, 1.807) is 26.3 Å². The number of carboxylic acid groups (broad SMARTS) is 1. The van der Waals surface area contributed by atoms with E-state index >= 15 is 0 Å². The van der Waals surface area contributed by atoms with Gasteiger partial charge >= 0.3 is 5.97 Å². The lowest BCUT2D eigenvalue weighted by atomic mass is 9.91. The Hall–Kier alpha value is -1.92. The molecule has 0 unspecified atom stereocenters. The highest BCUT2D eigenvalue weighted by molar-refractivity contribution is 5.89. The molecule has 1 aromatic carbocycles. The molecule has 1 fully saturated rings. The topological polar surface area (TPSA) is 78.9 Å². The van der Waals surface area contributed by atoms with Crippen molar-refractivity contribution in [3.8, 4) is 0 Å². The number of nitrogens with zero attached hydrogens (tertiary/aromatic N) is 1. The predicted molar refractivity (Wildman–Crippen MR) is 86.3 cm³/mol. The van der Waals surface area contributed by atoms with Crippen LogP contribution in [0, 0.1) is 0 Å². The number of aromatic carboxylic acids is 1. The van der Waals surface area contributed by atoms with E-state index in [2.05, 4.69) is 10.2 Å². The minimum Gasteiger partial charge on any atom is -0.478 e. The van der Waals surface area contributed by atoms with Gasteiger partial charge in [-0.1, -0.05) is 18.2 Å². The van der Waals surface area contributed by atoms with E-state index in [0.29, 0.717) is 25.1 Å². The third-order valence-corrected chi connectivity index (χ3v) is 4.53. The summed E-state index contributed by atoms with van der Waals surface area (Å²) in [6.07, 6.45) is 2.19. The first-order chi connectivity index (χ1) is 11.0. The number of benzene rings is 1. The average Bonchev–Trinajstić information content (AvgIpc) is 2.90. The average molecular weight is 320 g/mol. The van der Waals surface area contributed by atoms with Crippen LogP contribution in [0.1, 0.15) is 35.2 Å². The quantitative estimate of drug-likeness (QED) is 0.796. The first-order valence-corrected chi connectivity index (χ1v) is 7.78. The van der Waals surface area contributed by atoms with Crippen molar-refractivity contribution in [1.29, 1.82) is 0 Å². The second kappa shape index (κ2) is 7.57. The molecule has 1 amide bonds. The number of rotatable bonds is 7. The van der Waals surface area contributed by atoms with Gasteiger partial charge in [0, 0.05) is 27.1 Å². The largest absolute Gasteiger partial charge is 0.478 e. The van der Waals surface area contributed by atoms with Gasteiger partial charge in [-0.2, -0.15) is 0 Å². The molecular weight excluding hydrogens is 296 g/mol. The van der Waals surface area contributed by atoms with Crippen LogP contribution >= 0.6 is 0 Å². The van der Waals surface area contributed by atoms with Gasteiger partial charge in [0.05, 0.1) is 17.7 Å². The zero-order chi connectivity index (χ0) is 16.9. The van der Waals surface area contributed by atoms with Crippen molar-refractivity contribution in [2.24, 2.45) is 0 Å². The van der Waals surface area contributed by atoms with E-state index in [0.717, 1.165) is 24.9 Å². The summed E-state index contributed by atoms with van der Waals surface area (Å²) in [5.41, 5.74) is 0.699. The molecule has 1 aliphatic rings. The Labute approximate surface area is 136 Å². The minimum atomic E-state index is -0.927. The Morgan fingerprint density at radius 2 is 2.13 bits per heavy atom. The number of methoxy groups -OCH3 is 1. The molecule has 2 rings (SSSR count).